The van der Waals surface area contributed by atoms with Gasteiger partial charge in [-0.2, -0.15) is 0 Å². The SMILES string of the molecule is CC(C)N1CCN(c2ccc3[nH]c(C(=O)c4ccnc(-c5cncc6ccccc56)c4)nc3c2)CC1. The molecule has 1 aliphatic heterocycles. The molecule has 0 radical (unpaired) electrons. The Kier molecular flexibility index (Phi) is 5.70. The number of aromatic amines is 1. The lowest BCUT2D eigenvalue weighted by atomic mass is 10.0. The van der Waals surface area contributed by atoms with E-state index >= 15 is 0 Å². The van der Waals surface area contributed by atoms with Crippen LogP contribution in [-0.2, 0) is 0 Å². The summed E-state index contributed by atoms with van der Waals surface area (Å²) >= 11 is 0. The number of ketones is 1. The van der Waals surface area contributed by atoms with Gasteiger partial charge in [0.1, 0.15) is 0 Å². The fourth-order valence-corrected chi connectivity index (χ4v) is 4.97. The molecule has 0 saturated carbocycles. The summed E-state index contributed by atoms with van der Waals surface area (Å²) in [7, 11) is 0. The predicted octanol–water partition coefficient (Wildman–Crippen LogP) is 4.93. The molecular formula is C29H28N6O. The van der Waals surface area contributed by atoms with Crippen LogP contribution in [0.25, 0.3) is 33.1 Å². The standard InChI is InChI=1S/C29H28N6O/c1-19(2)34-11-13-35(14-12-34)22-7-8-25-27(16-22)33-29(32-25)28(36)20-9-10-31-26(15-20)24-18-30-17-21-5-3-4-6-23(21)24/h3-10,15-19H,11-14H2,1-2H3,(H,32,33). The Morgan fingerprint density at radius 1 is 0.972 bits per heavy atom. The van der Waals surface area contributed by atoms with Gasteiger partial charge in [0, 0.05) is 73.0 Å². The first-order valence-electron chi connectivity index (χ1n) is 12.4. The van der Waals surface area contributed by atoms with E-state index in [9.17, 15) is 4.79 Å². The second kappa shape index (κ2) is 9.17. The summed E-state index contributed by atoms with van der Waals surface area (Å²) in [5.41, 5.74) is 4.95. The number of anilines is 1. The number of carbonyl (C=O) groups is 1. The topological polar surface area (TPSA) is 78.0 Å². The molecule has 0 spiro atoms. The maximum Gasteiger partial charge on any atom is 0.228 e. The first-order valence-corrected chi connectivity index (χ1v) is 12.4. The Hall–Kier alpha value is -4.10. The molecular weight excluding hydrogens is 448 g/mol. The van der Waals surface area contributed by atoms with E-state index in [1.807, 2.05) is 42.6 Å². The molecule has 180 valence electrons. The lowest BCUT2D eigenvalue weighted by Gasteiger charge is -2.38. The van der Waals surface area contributed by atoms with Crippen LogP contribution in [0.5, 0.6) is 0 Å². The Morgan fingerprint density at radius 3 is 2.64 bits per heavy atom. The minimum Gasteiger partial charge on any atom is -0.369 e. The molecule has 1 aliphatic rings. The van der Waals surface area contributed by atoms with Gasteiger partial charge >= 0.3 is 0 Å². The lowest BCUT2D eigenvalue weighted by Crippen LogP contribution is -2.48. The van der Waals surface area contributed by atoms with Crippen LogP contribution in [0.3, 0.4) is 0 Å². The molecule has 0 atom stereocenters. The van der Waals surface area contributed by atoms with Crippen LogP contribution < -0.4 is 4.90 Å². The molecule has 36 heavy (non-hydrogen) atoms. The quantitative estimate of drug-likeness (QED) is 0.362. The van der Waals surface area contributed by atoms with E-state index in [0.717, 1.165) is 59.2 Å². The number of pyridine rings is 2. The third-order valence-corrected chi connectivity index (χ3v) is 7.06. The van der Waals surface area contributed by atoms with Crippen molar-refractivity contribution in [2.24, 2.45) is 0 Å². The zero-order chi connectivity index (χ0) is 24.6. The van der Waals surface area contributed by atoms with Crippen molar-refractivity contribution in [1.82, 2.24) is 24.8 Å². The van der Waals surface area contributed by atoms with Gasteiger partial charge in [-0.25, -0.2) is 4.98 Å². The fourth-order valence-electron chi connectivity index (χ4n) is 4.97. The number of hydrogen-bond donors (Lipinski definition) is 1. The average Bonchev–Trinajstić information content (AvgIpc) is 3.36. The third-order valence-electron chi connectivity index (χ3n) is 7.06. The molecule has 6 rings (SSSR count). The fraction of sp³-hybridized carbons (Fsp3) is 0.241. The molecule has 0 bridgehead atoms. The average molecular weight is 477 g/mol. The molecule has 0 aliphatic carbocycles. The monoisotopic (exact) mass is 476 g/mol. The Balaban J connectivity index is 1.27. The van der Waals surface area contributed by atoms with Crippen LogP contribution in [0.2, 0.25) is 0 Å². The second-order valence-corrected chi connectivity index (χ2v) is 9.57. The minimum absolute atomic E-state index is 0.157. The minimum atomic E-state index is -0.157. The number of aromatic nitrogens is 4. The second-order valence-electron chi connectivity index (χ2n) is 9.57. The number of imidazole rings is 1. The van der Waals surface area contributed by atoms with E-state index in [1.165, 1.54) is 0 Å². The van der Waals surface area contributed by atoms with Crippen LogP contribution in [0, 0.1) is 0 Å². The van der Waals surface area contributed by atoms with Gasteiger partial charge in [-0.05, 0) is 49.6 Å². The van der Waals surface area contributed by atoms with E-state index in [2.05, 4.69) is 55.7 Å². The summed E-state index contributed by atoms with van der Waals surface area (Å²) in [4.78, 5) is 35.1. The number of hydrogen-bond acceptors (Lipinski definition) is 6. The molecule has 7 nitrogen and oxygen atoms in total. The molecule has 1 saturated heterocycles. The Bertz CT molecular complexity index is 1560. The first kappa shape index (κ1) is 22.4. The van der Waals surface area contributed by atoms with Gasteiger partial charge in [0.05, 0.1) is 16.7 Å². The summed E-state index contributed by atoms with van der Waals surface area (Å²) in [6.07, 6.45) is 5.30. The molecule has 0 unspecified atom stereocenters. The number of H-pyrrole nitrogens is 1. The lowest BCUT2D eigenvalue weighted by molar-refractivity contribution is 0.103. The number of benzene rings is 2. The maximum atomic E-state index is 13.4. The highest BCUT2D eigenvalue weighted by atomic mass is 16.1. The van der Waals surface area contributed by atoms with Crippen molar-refractivity contribution < 1.29 is 4.79 Å². The van der Waals surface area contributed by atoms with Gasteiger partial charge in [0.25, 0.3) is 0 Å². The molecule has 0 amide bonds. The largest absolute Gasteiger partial charge is 0.369 e. The van der Waals surface area contributed by atoms with Gasteiger partial charge in [-0.1, -0.05) is 24.3 Å². The van der Waals surface area contributed by atoms with Crippen molar-refractivity contribution in [1.29, 1.82) is 0 Å². The number of rotatable bonds is 5. The number of nitrogens with zero attached hydrogens (tertiary/aromatic N) is 5. The number of nitrogens with one attached hydrogen (secondary N) is 1. The molecule has 1 N–H and O–H groups in total. The van der Waals surface area contributed by atoms with E-state index in [1.54, 1.807) is 18.5 Å². The van der Waals surface area contributed by atoms with Gasteiger partial charge in [0.15, 0.2) is 5.82 Å². The van der Waals surface area contributed by atoms with Crippen molar-refractivity contribution in [3.05, 3.63) is 84.6 Å². The van der Waals surface area contributed by atoms with E-state index in [4.69, 9.17) is 0 Å². The van der Waals surface area contributed by atoms with Crippen molar-refractivity contribution in [2.45, 2.75) is 19.9 Å². The first-order chi connectivity index (χ1) is 17.6. The normalized spacial score (nSPS) is 14.7. The van der Waals surface area contributed by atoms with E-state index < -0.39 is 0 Å². The van der Waals surface area contributed by atoms with Gasteiger partial charge in [-0.15, -0.1) is 0 Å². The summed E-state index contributed by atoms with van der Waals surface area (Å²) in [5, 5.41) is 2.09. The highest BCUT2D eigenvalue weighted by Crippen LogP contribution is 2.27. The highest BCUT2D eigenvalue weighted by Gasteiger charge is 2.20. The highest BCUT2D eigenvalue weighted by molar-refractivity contribution is 6.09. The number of carbonyl (C=O) groups excluding carboxylic acids is 1. The summed E-state index contributed by atoms with van der Waals surface area (Å²) in [6.45, 7) is 8.57. The summed E-state index contributed by atoms with van der Waals surface area (Å²) in [5.74, 6) is 0.176. The summed E-state index contributed by atoms with van der Waals surface area (Å²) < 4.78 is 0. The van der Waals surface area contributed by atoms with E-state index in [-0.39, 0.29) is 5.78 Å². The molecule has 1 fully saturated rings. The van der Waals surface area contributed by atoms with Crippen molar-refractivity contribution in [2.75, 3.05) is 31.1 Å². The predicted molar refractivity (Wildman–Crippen MR) is 143 cm³/mol. The van der Waals surface area contributed by atoms with Crippen molar-refractivity contribution in [3.8, 4) is 11.3 Å². The number of fused-ring (bicyclic) bond motifs is 2. The van der Waals surface area contributed by atoms with Crippen molar-refractivity contribution in [3.63, 3.8) is 0 Å². The number of piperazine rings is 1. The molecule has 2 aromatic carbocycles. The van der Waals surface area contributed by atoms with Gasteiger partial charge in [-0.3, -0.25) is 19.7 Å². The van der Waals surface area contributed by atoms with Crippen LogP contribution >= 0.6 is 0 Å². The van der Waals surface area contributed by atoms with Crippen molar-refractivity contribution >= 4 is 33.3 Å². The van der Waals surface area contributed by atoms with Crippen LogP contribution in [-0.4, -0.2) is 62.8 Å². The van der Waals surface area contributed by atoms with Gasteiger partial charge in [0.2, 0.25) is 5.78 Å². The molecule has 3 aromatic heterocycles. The Morgan fingerprint density at radius 2 is 1.81 bits per heavy atom. The zero-order valence-corrected chi connectivity index (χ0v) is 20.5. The molecule has 5 aromatic rings. The maximum absolute atomic E-state index is 13.4. The smallest absolute Gasteiger partial charge is 0.228 e. The Labute approximate surface area is 209 Å². The summed E-state index contributed by atoms with van der Waals surface area (Å²) in [6, 6.07) is 18.4. The zero-order valence-electron chi connectivity index (χ0n) is 20.5. The van der Waals surface area contributed by atoms with Crippen LogP contribution in [0.4, 0.5) is 5.69 Å². The molecule has 4 heterocycles. The molecule has 7 heteroatoms. The van der Waals surface area contributed by atoms with Crippen LogP contribution in [0.15, 0.2) is 73.2 Å². The van der Waals surface area contributed by atoms with E-state index in [0.29, 0.717) is 23.1 Å². The van der Waals surface area contributed by atoms with Gasteiger partial charge < -0.3 is 9.88 Å². The third kappa shape index (κ3) is 4.12. The van der Waals surface area contributed by atoms with Crippen LogP contribution in [0.1, 0.15) is 30.0 Å².